The molecular weight excluding hydrogens is 404 g/mol. The van der Waals surface area contributed by atoms with E-state index in [9.17, 15) is 4.79 Å². The van der Waals surface area contributed by atoms with Crippen LogP contribution in [0.2, 0.25) is 0 Å². The number of nitrogens with one attached hydrogen (secondary N) is 1. The molecular formula is C25H34N4O3. The first-order chi connectivity index (χ1) is 15.6. The third-order valence-corrected chi connectivity index (χ3v) is 7.84. The number of fused-ring (bicyclic) bond motifs is 3. The highest BCUT2D eigenvalue weighted by Gasteiger charge is 2.42. The van der Waals surface area contributed by atoms with E-state index in [1.54, 1.807) is 14.2 Å². The molecule has 1 N–H and O–H groups in total. The predicted octanol–water partition coefficient (Wildman–Crippen LogP) is 3.20. The molecule has 1 aromatic carbocycles. The quantitative estimate of drug-likeness (QED) is 0.719. The molecule has 4 fully saturated rings. The number of ether oxygens (including phenoxy) is 2. The molecule has 4 aliphatic rings. The van der Waals surface area contributed by atoms with Crippen molar-refractivity contribution in [3.63, 3.8) is 0 Å². The summed E-state index contributed by atoms with van der Waals surface area (Å²) in [5, 5.41) is 8.06. The van der Waals surface area contributed by atoms with Crippen LogP contribution < -0.4 is 14.8 Å². The zero-order chi connectivity index (χ0) is 22.2. The Bertz CT molecular complexity index is 984. The number of hydrogen-bond acceptors (Lipinski definition) is 5. The number of rotatable bonds is 7. The molecule has 1 amide bonds. The monoisotopic (exact) mass is 438 g/mol. The number of nitrogens with zero attached hydrogens (tertiary/aromatic N) is 3. The first-order valence-electron chi connectivity index (χ1n) is 11.9. The maximum Gasteiger partial charge on any atom is 0.223 e. The number of amides is 1. The van der Waals surface area contributed by atoms with Crippen LogP contribution in [0.4, 0.5) is 0 Å². The van der Waals surface area contributed by atoms with Gasteiger partial charge in [0.15, 0.2) is 11.5 Å². The zero-order valence-electron chi connectivity index (χ0n) is 19.3. The van der Waals surface area contributed by atoms with Crippen LogP contribution >= 0.6 is 0 Å². The summed E-state index contributed by atoms with van der Waals surface area (Å²) in [5.41, 5.74) is 3.29. The summed E-state index contributed by atoms with van der Waals surface area (Å²) in [5.74, 6) is 3.09. The number of aromatic nitrogens is 2. The highest BCUT2D eigenvalue weighted by atomic mass is 16.5. The lowest BCUT2D eigenvalue weighted by molar-refractivity contribution is -0.127. The molecule has 7 nitrogen and oxygen atoms in total. The summed E-state index contributed by atoms with van der Waals surface area (Å²) in [4.78, 5) is 14.8. The van der Waals surface area contributed by atoms with Gasteiger partial charge in [0.05, 0.1) is 19.9 Å². The van der Waals surface area contributed by atoms with Crippen molar-refractivity contribution in [1.29, 1.82) is 0 Å². The third kappa shape index (κ3) is 3.87. The van der Waals surface area contributed by atoms with Crippen LogP contribution in [0, 0.1) is 11.8 Å². The van der Waals surface area contributed by atoms with Gasteiger partial charge >= 0.3 is 0 Å². The molecule has 3 aliphatic heterocycles. The van der Waals surface area contributed by atoms with E-state index in [0.29, 0.717) is 23.6 Å². The van der Waals surface area contributed by atoms with Crippen molar-refractivity contribution in [2.75, 3.05) is 33.9 Å². The molecule has 4 heterocycles. The van der Waals surface area contributed by atoms with Crippen molar-refractivity contribution in [3.8, 4) is 22.8 Å². The Labute approximate surface area is 190 Å². The lowest BCUT2D eigenvalue weighted by Gasteiger charge is -2.50. The van der Waals surface area contributed by atoms with Gasteiger partial charge in [0.25, 0.3) is 0 Å². The predicted molar refractivity (Wildman–Crippen MR) is 123 cm³/mol. The minimum atomic E-state index is 0.265. The Morgan fingerprint density at radius 1 is 1.16 bits per heavy atom. The molecule has 7 heteroatoms. The van der Waals surface area contributed by atoms with Crippen LogP contribution in [0.25, 0.3) is 11.3 Å². The smallest absolute Gasteiger partial charge is 0.223 e. The van der Waals surface area contributed by atoms with Crippen molar-refractivity contribution in [2.45, 2.75) is 44.1 Å². The first-order valence-corrected chi connectivity index (χ1v) is 11.9. The molecule has 1 unspecified atom stereocenters. The van der Waals surface area contributed by atoms with E-state index in [-0.39, 0.29) is 11.8 Å². The Balaban J connectivity index is 1.28. The molecule has 1 aliphatic carbocycles. The number of methoxy groups -OCH3 is 2. The van der Waals surface area contributed by atoms with Gasteiger partial charge in [-0.15, -0.1) is 0 Å². The van der Waals surface area contributed by atoms with Gasteiger partial charge in [-0.1, -0.05) is 6.42 Å². The van der Waals surface area contributed by atoms with Gasteiger partial charge in [0.1, 0.15) is 0 Å². The van der Waals surface area contributed by atoms with Gasteiger partial charge in [-0.25, -0.2) is 0 Å². The summed E-state index contributed by atoms with van der Waals surface area (Å²) >= 11 is 0. The largest absolute Gasteiger partial charge is 0.493 e. The summed E-state index contributed by atoms with van der Waals surface area (Å²) in [6.45, 7) is 2.96. The molecule has 1 aromatic heterocycles. The summed E-state index contributed by atoms with van der Waals surface area (Å²) in [7, 11) is 5.35. The average molecular weight is 439 g/mol. The van der Waals surface area contributed by atoms with Gasteiger partial charge in [0, 0.05) is 49.3 Å². The van der Waals surface area contributed by atoms with Crippen LogP contribution in [-0.2, 0) is 11.8 Å². The lowest BCUT2D eigenvalue weighted by atomic mass is 9.74. The Kier molecular flexibility index (Phi) is 5.84. The molecule has 2 bridgehead atoms. The van der Waals surface area contributed by atoms with Crippen LogP contribution in [0.5, 0.6) is 11.5 Å². The summed E-state index contributed by atoms with van der Waals surface area (Å²) < 4.78 is 12.9. The summed E-state index contributed by atoms with van der Waals surface area (Å²) in [6.07, 6.45) is 5.69. The van der Waals surface area contributed by atoms with Crippen molar-refractivity contribution in [3.05, 3.63) is 30.0 Å². The maximum atomic E-state index is 12.3. The summed E-state index contributed by atoms with van der Waals surface area (Å²) in [6, 6.07) is 8.65. The molecule has 2 aromatic rings. The van der Waals surface area contributed by atoms with E-state index in [0.717, 1.165) is 55.9 Å². The first kappa shape index (κ1) is 21.3. The van der Waals surface area contributed by atoms with Crippen molar-refractivity contribution in [1.82, 2.24) is 20.0 Å². The van der Waals surface area contributed by atoms with E-state index >= 15 is 0 Å². The fraction of sp³-hybridized carbons (Fsp3) is 0.600. The second-order valence-electron chi connectivity index (χ2n) is 9.56. The molecule has 0 radical (unpaired) electrons. The van der Waals surface area contributed by atoms with E-state index in [1.807, 2.05) is 29.9 Å². The zero-order valence-corrected chi connectivity index (χ0v) is 19.3. The van der Waals surface area contributed by atoms with Crippen LogP contribution in [-0.4, -0.2) is 60.5 Å². The number of carbonyl (C=O) groups is 1. The number of aryl methyl sites for hydroxylation is 1. The van der Waals surface area contributed by atoms with Gasteiger partial charge in [-0.2, -0.15) is 5.10 Å². The second kappa shape index (κ2) is 8.77. The number of benzene rings is 1. The van der Waals surface area contributed by atoms with E-state index in [1.165, 1.54) is 18.5 Å². The maximum absolute atomic E-state index is 12.3. The van der Waals surface area contributed by atoms with E-state index in [2.05, 4.69) is 16.3 Å². The molecule has 32 heavy (non-hydrogen) atoms. The highest BCUT2D eigenvalue weighted by Crippen LogP contribution is 2.42. The molecule has 4 atom stereocenters. The third-order valence-electron chi connectivity index (χ3n) is 7.84. The van der Waals surface area contributed by atoms with Gasteiger partial charge in [-0.05, 0) is 62.4 Å². The minimum Gasteiger partial charge on any atom is -0.493 e. The normalized spacial score (nSPS) is 27.1. The molecule has 1 saturated carbocycles. The Morgan fingerprint density at radius 2 is 1.97 bits per heavy atom. The molecule has 6 rings (SSSR count). The fourth-order valence-corrected chi connectivity index (χ4v) is 5.68. The Hall–Kier alpha value is -2.54. The number of hydrogen-bond donors (Lipinski definition) is 1. The van der Waals surface area contributed by atoms with Gasteiger partial charge in [0.2, 0.25) is 5.91 Å². The topological polar surface area (TPSA) is 68.6 Å². The van der Waals surface area contributed by atoms with Gasteiger partial charge in [-0.3, -0.25) is 14.4 Å². The number of carbonyl (C=O) groups excluding carboxylic acids is 1. The van der Waals surface area contributed by atoms with Crippen molar-refractivity contribution >= 4 is 5.91 Å². The number of piperidine rings is 3. The lowest BCUT2D eigenvalue weighted by Crippen LogP contribution is -2.56. The molecule has 0 spiro atoms. The SMILES string of the molecule is COc1ccc(-c2cc([C@H]3CN4CC[C@H]3C[C@@H]4CNC(=O)C3CCC3)n(C)n2)cc1OC. The van der Waals surface area contributed by atoms with Crippen molar-refractivity contribution in [2.24, 2.45) is 18.9 Å². The van der Waals surface area contributed by atoms with Crippen LogP contribution in [0.1, 0.15) is 43.7 Å². The van der Waals surface area contributed by atoms with E-state index in [4.69, 9.17) is 14.6 Å². The van der Waals surface area contributed by atoms with Crippen LogP contribution in [0.15, 0.2) is 24.3 Å². The van der Waals surface area contributed by atoms with Crippen molar-refractivity contribution < 1.29 is 14.3 Å². The molecule has 3 saturated heterocycles. The molecule has 172 valence electrons. The standard InChI is InChI=1S/C25H34N4O3/c1-28-22(13-21(27-28)18-7-8-23(31-2)24(12-18)32-3)20-15-29-10-9-17(20)11-19(29)14-26-25(30)16-5-4-6-16/h7-8,12-13,16-17,19-20H,4-6,9-11,14-15H2,1-3H3,(H,26,30)/t17-,19+,20-/m0/s1. The van der Waals surface area contributed by atoms with E-state index < -0.39 is 0 Å². The highest BCUT2D eigenvalue weighted by molar-refractivity contribution is 5.79. The minimum absolute atomic E-state index is 0.265. The second-order valence-corrected chi connectivity index (χ2v) is 9.56. The van der Waals surface area contributed by atoms with Gasteiger partial charge < -0.3 is 14.8 Å². The Morgan fingerprint density at radius 3 is 2.62 bits per heavy atom. The average Bonchev–Trinajstić information content (AvgIpc) is 3.17. The van der Waals surface area contributed by atoms with Crippen LogP contribution in [0.3, 0.4) is 0 Å². The fourth-order valence-electron chi connectivity index (χ4n) is 5.68.